The number of hydrogen-bond acceptors (Lipinski definition) is 3. The van der Waals surface area contributed by atoms with Crippen molar-refractivity contribution in [3.63, 3.8) is 0 Å². The normalized spacial score (nSPS) is 13.4. The van der Waals surface area contributed by atoms with Crippen molar-refractivity contribution in [1.82, 2.24) is 0 Å². The van der Waals surface area contributed by atoms with Crippen molar-refractivity contribution in [1.29, 1.82) is 0 Å². The summed E-state index contributed by atoms with van der Waals surface area (Å²) < 4.78 is 11.6. The molecule has 126 valence electrons. The van der Waals surface area contributed by atoms with Crippen LogP contribution in [0, 0.1) is 6.92 Å². The van der Waals surface area contributed by atoms with Crippen molar-refractivity contribution in [3.05, 3.63) is 51.5 Å². The molecule has 2 aromatic rings. The second-order valence-corrected chi connectivity index (χ2v) is 6.78. The summed E-state index contributed by atoms with van der Waals surface area (Å²) >= 11 is 3.54. The number of fused-ring (bicyclic) bond motifs is 1. The Hall–Kier alpha value is -2.01. The van der Waals surface area contributed by atoms with E-state index >= 15 is 0 Å². The zero-order valence-electron chi connectivity index (χ0n) is 14.1. The quantitative estimate of drug-likeness (QED) is 0.782. The fraction of sp³-hybridized carbons (Fsp3) is 0.316. The zero-order chi connectivity index (χ0) is 17.3. The zero-order valence-corrected chi connectivity index (χ0v) is 15.6. The van der Waals surface area contributed by atoms with Crippen LogP contribution in [0.5, 0.6) is 11.5 Å². The molecule has 5 heteroatoms. The van der Waals surface area contributed by atoms with Gasteiger partial charge in [0.25, 0.3) is 5.91 Å². The molecule has 3 rings (SSSR count). The van der Waals surface area contributed by atoms with Gasteiger partial charge < -0.3 is 14.4 Å². The molecule has 0 spiro atoms. The van der Waals surface area contributed by atoms with Crippen LogP contribution in [0.4, 0.5) is 5.69 Å². The number of hydrogen-bond donors (Lipinski definition) is 0. The van der Waals surface area contributed by atoms with E-state index in [4.69, 9.17) is 9.47 Å². The van der Waals surface area contributed by atoms with Crippen LogP contribution in [0.2, 0.25) is 0 Å². The number of aryl methyl sites for hydroxylation is 2. The van der Waals surface area contributed by atoms with Gasteiger partial charge in [-0.1, -0.05) is 15.9 Å². The van der Waals surface area contributed by atoms with Crippen LogP contribution < -0.4 is 14.4 Å². The lowest BCUT2D eigenvalue weighted by Crippen LogP contribution is -2.36. The van der Waals surface area contributed by atoms with Crippen LogP contribution in [0.25, 0.3) is 0 Å². The SMILES string of the molecule is COc1ccc(C(=O)N2CCCc3cc(Br)cc(C)c32)cc1OC. The topological polar surface area (TPSA) is 38.8 Å². The molecule has 1 aliphatic rings. The number of rotatable bonds is 3. The van der Waals surface area contributed by atoms with Gasteiger partial charge in [0, 0.05) is 16.6 Å². The highest BCUT2D eigenvalue weighted by Crippen LogP contribution is 2.35. The van der Waals surface area contributed by atoms with Gasteiger partial charge in [-0.25, -0.2) is 0 Å². The molecule has 4 nitrogen and oxygen atoms in total. The summed E-state index contributed by atoms with van der Waals surface area (Å²) in [6.07, 6.45) is 1.95. The van der Waals surface area contributed by atoms with Crippen LogP contribution in [0.15, 0.2) is 34.8 Å². The molecule has 0 atom stereocenters. The maximum atomic E-state index is 13.1. The lowest BCUT2D eigenvalue weighted by molar-refractivity contribution is 0.0984. The Morgan fingerprint density at radius 3 is 2.58 bits per heavy atom. The van der Waals surface area contributed by atoms with Crippen molar-refractivity contribution in [3.8, 4) is 11.5 Å². The first kappa shape index (κ1) is 16.8. The maximum absolute atomic E-state index is 13.1. The molecule has 0 radical (unpaired) electrons. The highest BCUT2D eigenvalue weighted by atomic mass is 79.9. The number of benzene rings is 2. The van der Waals surface area contributed by atoms with Gasteiger partial charge in [-0.2, -0.15) is 0 Å². The molecule has 0 saturated carbocycles. The van der Waals surface area contributed by atoms with E-state index in [-0.39, 0.29) is 5.91 Å². The fourth-order valence-electron chi connectivity index (χ4n) is 3.25. The van der Waals surface area contributed by atoms with E-state index in [1.54, 1.807) is 32.4 Å². The highest BCUT2D eigenvalue weighted by Gasteiger charge is 2.26. The van der Waals surface area contributed by atoms with E-state index in [1.807, 2.05) is 11.8 Å². The third kappa shape index (κ3) is 3.00. The van der Waals surface area contributed by atoms with Crippen molar-refractivity contribution < 1.29 is 14.3 Å². The predicted molar refractivity (Wildman–Crippen MR) is 98.4 cm³/mol. The number of methoxy groups -OCH3 is 2. The van der Waals surface area contributed by atoms with Crippen molar-refractivity contribution in [2.45, 2.75) is 19.8 Å². The number of ether oxygens (including phenoxy) is 2. The van der Waals surface area contributed by atoms with Gasteiger partial charge in [-0.15, -0.1) is 0 Å². The number of carbonyl (C=O) groups is 1. The molecule has 0 aliphatic carbocycles. The number of nitrogens with zero attached hydrogens (tertiary/aromatic N) is 1. The Morgan fingerprint density at radius 1 is 1.12 bits per heavy atom. The Bertz CT molecular complexity index is 788. The second kappa shape index (κ2) is 6.85. The molecule has 0 fully saturated rings. The van der Waals surface area contributed by atoms with Crippen LogP contribution >= 0.6 is 15.9 Å². The van der Waals surface area contributed by atoms with Crippen LogP contribution in [-0.2, 0) is 6.42 Å². The first-order valence-corrected chi connectivity index (χ1v) is 8.67. The second-order valence-electron chi connectivity index (χ2n) is 5.86. The molecule has 24 heavy (non-hydrogen) atoms. The molecule has 1 amide bonds. The summed E-state index contributed by atoms with van der Waals surface area (Å²) in [5.41, 5.74) is 3.95. The number of carbonyl (C=O) groups excluding carboxylic acids is 1. The molecular weight excluding hydrogens is 370 g/mol. The third-order valence-electron chi connectivity index (χ3n) is 4.32. The molecule has 0 unspecified atom stereocenters. The minimum absolute atomic E-state index is 0.0117. The summed E-state index contributed by atoms with van der Waals surface area (Å²) in [5.74, 6) is 1.17. The number of amides is 1. The standard InChI is InChI=1S/C19H20BrNO3/c1-12-9-15(20)10-13-5-4-8-21(18(12)13)19(22)14-6-7-16(23-2)17(11-14)24-3/h6-7,9-11H,4-5,8H2,1-3H3. The molecule has 0 saturated heterocycles. The Kier molecular flexibility index (Phi) is 4.81. The lowest BCUT2D eigenvalue weighted by atomic mass is 9.97. The van der Waals surface area contributed by atoms with E-state index in [2.05, 4.69) is 28.1 Å². The van der Waals surface area contributed by atoms with E-state index in [1.165, 1.54) is 5.56 Å². The maximum Gasteiger partial charge on any atom is 0.258 e. The van der Waals surface area contributed by atoms with E-state index in [0.29, 0.717) is 17.1 Å². The van der Waals surface area contributed by atoms with Crippen molar-refractivity contribution in [2.24, 2.45) is 0 Å². The monoisotopic (exact) mass is 389 g/mol. The largest absolute Gasteiger partial charge is 0.493 e. The predicted octanol–water partition coefficient (Wildman–Crippen LogP) is 4.37. The molecule has 1 aliphatic heterocycles. The number of anilines is 1. The van der Waals surface area contributed by atoms with Gasteiger partial charge in [0.05, 0.1) is 19.9 Å². The third-order valence-corrected chi connectivity index (χ3v) is 4.78. The van der Waals surface area contributed by atoms with Crippen LogP contribution in [0.1, 0.15) is 27.9 Å². The molecular formula is C19H20BrNO3. The Balaban J connectivity index is 2.01. The summed E-state index contributed by atoms with van der Waals surface area (Å²) in [6.45, 7) is 2.77. The minimum atomic E-state index is -0.0117. The van der Waals surface area contributed by atoms with Gasteiger partial charge in [0.2, 0.25) is 0 Å². The first-order valence-electron chi connectivity index (χ1n) is 7.88. The average Bonchev–Trinajstić information content (AvgIpc) is 2.59. The van der Waals surface area contributed by atoms with Gasteiger partial charge in [0.15, 0.2) is 11.5 Å². The smallest absolute Gasteiger partial charge is 0.258 e. The summed E-state index contributed by atoms with van der Waals surface area (Å²) in [6, 6.07) is 9.45. The summed E-state index contributed by atoms with van der Waals surface area (Å²) in [4.78, 5) is 15.0. The Labute approximate surface area is 150 Å². The van der Waals surface area contributed by atoms with E-state index in [9.17, 15) is 4.79 Å². The van der Waals surface area contributed by atoms with Crippen LogP contribution in [-0.4, -0.2) is 26.7 Å². The van der Waals surface area contributed by atoms with E-state index in [0.717, 1.165) is 35.1 Å². The summed E-state index contributed by atoms with van der Waals surface area (Å²) in [5, 5.41) is 0. The van der Waals surface area contributed by atoms with Gasteiger partial charge in [-0.05, 0) is 61.2 Å². The van der Waals surface area contributed by atoms with Gasteiger partial charge in [0.1, 0.15) is 0 Å². The Morgan fingerprint density at radius 2 is 1.88 bits per heavy atom. The van der Waals surface area contributed by atoms with E-state index < -0.39 is 0 Å². The average molecular weight is 390 g/mol. The molecule has 0 N–H and O–H groups in total. The first-order chi connectivity index (χ1) is 11.5. The molecule has 2 aromatic carbocycles. The van der Waals surface area contributed by atoms with Gasteiger partial charge in [-0.3, -0.25) is 4.79 Å². The summed E-state index contributed by atoms with van der Waals surface area (Å²) in [7, 11) is 3.16. The van der Waals surface area contributed by atoms with Gasteiger partial charge >= 0.3 is 0 Å². The number of halogens is 1. The fourth-order valence-corrected chi connectivity index (χ4v) is 3.87. The molecule has 0 bridgehead atoms. The minimum Gasteiger partial charge on any atom is -0.493 e. The van der Waals surface area contributed by atoms with Crippen molar-refractivity contribution >= 4 is 27.5 Å². The van der Waals surface area contributed by atoms with Crippen molar-refractivity contribution in [2.75, 3.05) is 25.7 Å². The molecule has 0 aromatic heterocycles. The van der Waals surface area contributed by atoms with Crippen LogP contribution in [0.3, 0.4) is 0 Å². The molecule has 1 heterocycles. The highest BCUT2D eigenvalue weighted by molar-refractivity contribution is 9.10. The lowest BCUT2D eigenvalue weighted by Gasteiger charge is -2.31.